The number of benzene rings is 1. The first-order valence-corrected chi connectivity index (χ1v) is 9.20. The van der Waals surface area contributed by atoms with E-state index in [4.69, 9.17) is 9.47 Å². The molecule has 2 aliphatic rings. The summed E-state index contributed by atoms with van der Waals surface area (Å²) in [6, 6.07) is 7.29. The Hall–Kier alpha value is -1.79. The third kappa shape index (κ3) is 5.34. The highest BCUT2D eigenvalue weighted by Crippen LogP contribution is 2.24. The van der Waals surface area contributed by atoms with Crippen molar-refractivity contribution in [1.82, 2.24) is 10.2 Å². The summed E-state index contributed by atoms with van der Waals surface area (Å²) in [7, 11) is 0. The van der Waals surface area contributed by atoms with Crippen molar-refractivity contribution in [1.29, 1.82) is 0 Å². The van der Waals surface area contributed by atoms with Crippen LogP contribution in [0.15, 0.2) is 24.3 Å². The first-order valence-electron chi connectivity index (χ1n) is 9.20. The number of hydrogen-bond acceptors (Lipinski definition) is 4. The Bertz CT molecular complexity index is 560. The highest BCUT2D eigenvalue weighted by molar-refractivity contribution is 5.74. The molecule has 0 saturated carbocycles. The number of carbonyl (C=O) groups is 1. The summed E-state index contributed by atoms with van der Waals surface area (Å²) in [5, 5.41) is 12.5. The molecular formula is C19H28N2O4. The van der Waals surface area contributed by atoms with Crippen molar-refractivity contribution in [3.63, 3.8) is 0 Å². The van der Waals surface area contributed by atoms with Gasteiger partial charge >= 0.3 is 6.03 Å². The highest BCUT2D eigenvalue weighted by Gasteiger charge is 2.30. The summed E-state index contributed by atoms with van der Waals surface area (Å²) in [5.41, 5.74) is 1.01. The van der Waals surface area contributed by atoms with Crippen LogP contribution < -0.4 is 5.32 Å². The quantitative estimate of drug-likeness (QED) is 0.855. The maximum atomic E-state index is 12.6. The van der Waals surface area contributed by atoms with E-state index < -0.39 is 0 Å². The zero-order chi connectivity index (χ0) is 17.5. The maximum absolute atomic E-state index is 12.6. The molecule has 2 heterocycles. The number of amides is 2. The predicted octanol–water partition coefficient (Wildman–Crippen LogP) is 2.16. The van der Waals surface area contributed by atoms with E-state index in [1.807, 2.05) is 17.0 Å². The van der Waals surface area contributed by atoms with E-state index in [2.05, 4.69) is 5.32 Å². The number of carbonyl (C=O) groups excluding carboxylic acids is 1. The monoisotopic (exact) mass is 348 g/mol. The molecule has 2 aliphatic heterocycles. The molecule has 6 heteroatoms. The molecule has 25 heavy (non-hydrogen) atoms. The van der Waals surface area contributed by atoms with Crippen LogP contribution in [0.2, 0.25) is 0 Å². The summed E-state index contributed by atoms with van der Waals surface area (Å²) >= 11 is 0. The number of morpholine rings is 1. The minimum absolute atomic E-state index is 0.0134. The minimum atomic E-state index is -0.0134. The van der Waals surface area contributed by atoms with Crippen LogP contribution in [0, 0.1) is 5.92 Å². The van der Waals surface area contributed by atoms with Crippen molar-refractivity contribution in [2.24, 2.45) is 5.92 Å². The normalized spacial score (nSPS) is 21.9. The number of aromatic hydroxyl groups is 1. The van der Waals surface area contributed by atoms with Crippen molar-refractivity contribution in [3.05, 3.63) is 29.8 Å². The molecule has 6 nitrogen and oxygen atoms in total. The van der Waals surface area contributed by atoms with E-state index >= 15 is 0 Å². The predicted molar refractivity (Wildman–Crippen MR) is 94.7 cm³/mol. The Kier molecular flexibility index (Phi) is 6.53. The number of ether oxygens (including phenoxy) is 2. The van der Waals surface area contributed by atoms with Gasteiger partial charge in [-0.3, -0.25) is 0 Å². The molecular weight excluding hydrogens is 320 g/mol. The Morgan fingerprint density at radius 2 is 2.08 bits per heavy atom. The van der Waals surface area contributed by atoms with Gasteiger partial charge in [0.2, 0.25) is 0 Å². The van der Waals surface area contributed by atoms with Crippen molar-refractivity contribution >= 4 is 6.03 Å². The van der Waals surface area contributed by atoms with Crippen LogP contribution in [-0.4, -0.2) is 61.6 Å². The van der Waals surface area contributed by atoms with Crippen LogP contribution >= 0.6 is 0 Å². The van der Waals surface area contributed by atoms with Crippen LogP contribution in [0.4, 0.5) is 4.79 Å². The maximum Gasteiger partial charge on any atom is 0.317 e. The fraction of sp³-hybridized carbons (Fsp3) is 0.632. The SMILES string of the molecule is O=C(NCCc1cccc(O)c1)N1CCOCC1CC1CCOCC1. The second-order valence-electron chi connectivity index (χ2n) is 6.87. The average molecular weight is 348 g/mol. The van der Waals surface area contributed by atoms with Gasteiger partial charge < -0.3 is 24.8 Å². The van der Waals surface area contributed by atoms with Gasteiger partial charge in [-0.25, -0.2) is 4.79 Å². The second-order valence-corrected chi connectivity index (χ2v) is 6.87. The zero-order valence-corrected chi connectivity index (χ0v) is 14.7. The zero-order valence-electron chi connectivity index (χ0n) is 14.7. The smallest absolute Gasteiger partial charge is 0.317 e. The summed E-state index contributed by atoms with van der Waals surface area (Å²) < 4.78 is 11.0. The molecule has 2 fully saturated rings. The Morgan fingerprint density at radius 1 is 1.24 bits per heavy atom. The molecule has 138 valence electrons. The molecule has 1 aromatic rings. The second kappa shape index (κ2) is 9.06. The Morgan fingerprint density at radius 3 is 2.88 bits per heavy atom. The Labute approximate surface area is 149 Å². The van der Waals surface area contributed by atoms with Gasteiger partial charge in [-0.1, -0.05) is 12.1 Å². The van der Waals surface area contributed by atoms with Gasteiger partial charge in [-0.05, 0) is 49.3 Å². The van der Waals surface area contributed by atoms with Gasteiger partial charge in [-0.2, -0.15) is 0 Å². The van der Waals surface area contributed by atoms with Gasteiger partial charge in [0.15, 0.2) is 0 Å². The minimum Gasteiger partial charge on any atom is -0.508 e. The van der Waals surface area contributed by atoms with E-state index in [0.717, 1.165) is 38.0 Å². The van der Waals surface area contributed by atoms with Crippen LogP contribution in [-0.2, 0) is 15.9 Å². The molecule has 2 N–H and O–H groups in total. The van der Waals surface area contributed by atoms with Crippen LogP contribution in [0.25, 0.3) is 0 Å². The Balaban J connectivity index is 1.48. The fourth-order valence-corrected chi connectivity index (χ4v) is 3.61. The average Bonchev–Trinajstić information content (AvgIpc) is 2.63. The summed E-state index contributed by atoms with van der Waals surface area (Å²) in [4.78, 5) is 14.5. The van der Waals surface area contributed by atoms with Crippen molar-refractivity contribution in [2.45, 2.75) is 31.7 Å². The van der Waals surface area contributed by atoms with E-state index in [-0.39, 0.29) is 17.8 Å². The number of urea groups is 1. The first kappa shape index (κ1) is 18.0. The topological polar surface area (TPSA) is 71.0 Å². The number of nitrogens with zero attached hydrogens (tertiary/aromatic N) is 1. The lowest BCUT2D eigenvalue weighted by Crippen LogP contribution is -2.53. The van der Waals surface area contributed by atoms with Crippen LogP contribution in [0.3, 0.4) is 0 Å². The van der Waals surface area contributed by atoms with Gasteiger partial charge in [0.25, 0.3) is 0 Å². The van der Waals surface area contributed by atoms with Crippen LogP contribution in [0.1, 0.15) is 24.8 Å². The fourth-order valence-electron chi connectivity index (χ4n) is 3.61. The summed E-state index contributed by atoms with van der Waals surface area (Å²) in [6.45, 7) is 4.08. The standard InChI is InChI=1S/C19H28N2O4/c22-18-3-1-2-15(13-18)4-7-20-19(23)21-8-11-25-14-17(21)12-16-5-9-24-10-6-16/h1-3,13,16-17,22H,4-12,14H2,(H,20,23). The molecule has 1 aromatic carbocycles. The highest BCUT2D eigenvalue weighted by atomic mass is 16.5. The number of hydrogen-bond donors (Lipinski definition) is 2. The molecule has 3 rings (SSSR count). The van der Waals surface area contributed by atoms with E-state index in [1.165, 1.54) is 0 Å². The molecule has 0 bridgehead atoms. The van der Waals surface area contributed by atoms with Gasteiger partial charge in [0, 0.05) is 26.3 Å². The molecule has 0 radical (unpaired) electrons. The van der Waals surface area contributed by atoms with E-state index in [0.29, 0.717) is 38.6 Å². The van der Waals surface area contributed by atoms with Gasteiger partial charge in [0.1, 0.15) is 5.75 Å². The number of rotatable bonds is 5. The first-order chi connectivity index (χ1) is 12.2. The third-order valence-electron chi connectivity index (χ3n) is 5.04. The summed E-state index contributed by atoms with van der Waals surface area (Å²) in [6.07, 6.45) is 3.84. The third-order valence-corrected chi connectivity index (χ3v) is 5.04. The summed E-state index contributed by atoms with van der Waals surface area (Å²) in [5.74, 6) is 0.872. The molecule has 0 spiro atoms. The lowest BCUT2D eigenvalue weighted by atomic mass is 9.92. The van der Waals surface area contributed by atoms with Crippen molar-refractivity contribution in [3.8, 4) is 5.75 Å². The molecule has 1 atom stereocenters. The van der Waals surface area contributed by atoms with Crippen molar-refractivity contribution < 1.29 is 19.4 Å². The lowest BCUT2D eigenvalue weighted by molar-refractivity contribution is -0.00739. The molecule has 0 aromatic heterocycles. The molecule has 0 aliphatic carbocycles. The molecule has 2 saturated heterocycles. The largest absolute Gasteiger partial charge is 0.508 e. The van der Waals surface area contributed by atoms with E-state index in [1.54, 1.807) is 12.1 Å². The van der Waals surface area contributed by atoms with Crippen LogP contribution in [0.5, 0.6) is 5.75 Å². The van der Waals surface area contributed by atoms with Gasteiger partial charge in [0.05, 0.1) is 19.3 Å². The lowest BCUT2D eigenvalue weighted by Gasteiger charge is -2.38. The van der Waals surface area contributed by atoms with Crippen molar-refractivity contribution in [2.75, 3.05) is 39.5 Å². The van der Waals surface area contributed by atoms with E-state index in [9.17, 15) is 9.90 Å². The number of nitrogens with one attached hydrogen (secondary N) is 1. The molecule has 1 unspecified atom stereocenters. The number of phenols is 1. The number of phenolic OH excluding ortho intramolecular Hbond substituents is 1. The van der Waals surface area contributed by atoms with Gasteiger partial charge in [-0.15, -0.1) is 0 Å². The molecule has 2 amide bonds.